The highest BCUT2D eigenvalue weighted by molar-refractivity contribution is 6.03. The molecule has 0 aromatic carbocycles. The molecule has 0 bridgehead atoms. The molecule has 8 nitrogen and oxygen atoms in total. The summed E-state index contributed by atoms with van der Waals surface area (Å²) in [4.78, 5) is 33.6. The van der Waals surface area contributed by atoms with E-state index in [2.05, 4.69) is 10.4 Å². The maximum absolute atomic E-state index is 11.6. The highest BCUT2D eigenvalue weighted by Gasteiger charge is 2.18. The third-order valence-corrected chi connectivity index (χ3v) is 1.85. The smallest absolute Gasteiger partial charge is 0.343 e. The molecule has 0 radical (unpaired) electrons. The van der Waals surface area contributed by atoms with Crippen molar-refractivity contribution in [1.29, 1.82) is 0 Å². The van der Waals surface area contributed by atoms with Crippen LogP contribution < -0.4 is 10.6 Å². The van der Waals surface area contributed by atoms with Crippen LogP contribution in [0.3, 0.4) is 0 Å². The van der Waals surface area contributed by atoms with Gasteiger partial charge in [-0.2, -0.15) is 5.10 Å². The molecule has 2 N–H and O–H groups in total. The van der Waals surface area contributed by atoms with Crippen LogP contribution in [0, 0.1) is 0 Å². The van der Waals surface area contributed by atoms with Gasteiger partial charge in [0, 0.05) is 20.2 Å². The Labute approximate surface area is 103 Å². The number of aromatic nitrogens is 2. The summed E-state index contributed by atoms with van der Waals surface area (Å²) >= 11 is 0. The molecule has 0 saturated heterocycles. The average molecular weight is 254 g/mol. The predicted octanol–water partition coefficient (Wildman–Crippen LogP) is 0.265. The molecular weight excluding hydrogens is 240 g/mol. The second-order valence-electron chi connectivity index (χ2n) is 3.42. The van der Waals surface area contributed by atoms with E-state index in [1.54, 1.807) is 14.0 Å². The van der Waals surface area contributed by atoms with Gasteiger partial charge in [-0.3, -0.25) is 20.1 Å². The molecule has 1 aromatic heterocycles. The number of esters is 1. The molecule has 0 spiro atoms. The molecule has 1 aromatic rings. The molecular formula is C10H14N4O4. The minimum atomic E-state index is -0.758. The van der Waals surface area contributed by atoms with Crippen LogP contribution in [0.5, 0.6) is 0 Å². The van der Waals surface area contributed by atoms with Gasteiger partial charge in [0.1, 0.15) is 5.56 Å². The van der Waals surface area contributed by atoms with Crippen molar-refractivity contribution < 1.29 is 19.1 Å². The molecule has 0 aliphatic carbocycles. The number of carbonyl (C=O) groups excluding carboxylic acids is 3. The topological polar surface area (TPSA) is 102 Å². The Morgan fingerprint density at radius 1 is 1.44 bits per heavy atom. The van der Waals surface area contributed by atoms with Crippen molar-refractivity contribution in [2.75, 3.05) is 11.9 Å². The van der Waals surface area contributed by atoms with Crippen LogP contribution >= 0.6 is 0 Å². The van der Waals surface area contributed by atoms with Gasteiger partial charge in [0.25, 0.3) is 0 Å². The number of aryl methyl sites for hydroxylation is 1. The van der Waals surface area contributed by atoms with E-state index in [0.29, 0.717) is 0 Å². The fraction of sp³-hybridized carbons (Fsp3) is 0.400. The lowest BCUT2D eigenvalue weighted by Gasteiger charge is -2.04. The lowest BCUT2D eigenvalue weighted by atomic mass is 10.3. The van der Waals surface area contributed by atoms with Crippen LogP contribution in [0.15, 0.2) is 6.20 Å². The van der Waals surface area contributed by atoms with Crippen LogP contribution in [0.1, 0.15) is 24.2 Å². The Balaban J connectivity index is 2.85. The van der Waals surface area contributed by atoms with Crippen LogP contribution in [0.25, 0.3) is 0 Å². The quantitative estimate of drug-likeness (QED) is 0.753. The first kappa shape index (κ1) is 13.7. The van der Waals surface area contributed by atoms with Gasteiger partial charge in [-0.1, -0.05) is 0 Å². The number of amides is 3. The van der Waals surface area contributed by atoms with E-state index < -0.39 is 17.9 Å². The van der Waals surface area contributed by atoms with Gasteiger partial charge in [-0.15, -0.1) is 0 Å². The van der Waals surface area contributed by atoms with Crippen molar-refractivity contribution in [1.82, 2.24) is 15.1 Å². The van der Waals surface area contributed by atoms with E-state index in [1.165, 1.54) is 17.8 Å². The fourth-order valence-electron chi connectivity index (χ4n) is 1.24. The summed E-state index contributed by atoms with van der Waals surface area (Å²) in [5.41, 5.74) is 0.123. The van der Waals surface area contributed by atoms with Crippen molar-refractivity contribution >= 4 is 23.7 Å². The van der Waals surface area contributed by atoms with E-state index in [4.69, 9.17) is 4.74 Å². The van der Waals surface area contributed by atoms with Crippen molar-refractivity contribution in [3.63, 3.8) is 0 Å². The SMILES string of the molecule is CCOC(=O)c1cn(C)nc1NC(=O)NC(C)=O. The van der Waals surface area contributed by atoms with E-state index in [1.807, 2.05) is 5.32 Å². The minimum Gasteiger partial charge on any atom is -0.462 e. The molecule has 0 fully saturated rings. The highest BCUT2D eigenvalue weighted by atomic mass is 16.5. The monoisotopic (exact) mass is 254 g/mol. The lowest BCUT2D eigenvalue weighted by molar-refractivity contribution is -0.117. The lowest BCUT2D eigenvalue weighted by Crippen LogP contribution is -2.33. The number of carbonyl (C=O) groups is 3. The molecule has 0 aliphatic heterocycles. The van der Waals surface area contributed by atoms with Gasteiger partial charge in [0.15, 0.2) is 5.82 Å². The first-order chi connectivity index (χ1) is 8.43. The second-order valence-corrected chi connectivity index (χ2v) is 3.42. The van der Waals surface area contributed by atoms with E-state index in [0.717, 1.165) is 0 Å². The van der Waals surface area contributed by atoms with Crippen molar-refractivity contribution in [3.8, 4) is 0 Å². The average Bonchev–Trinajstić information content (AvgIpc) is 2.58. The molecule has 1 heterocycles. The second kappa shape index (κ2) is 5.80. The number of nitrogens with zero attached hydrogens (tertiary/aromatic N) is 2. The summed E-state index contributed by atoms with van der Waals surface area (Å²) in [5.74, 6) is -1.07. The number of rotatable bonds is 3. The van der Waals surface area contributed by atoms with Gasteiger partial charge in [-0.25, -0.2) is 9.59 Å². The fourth-order valence-corrected chi connectivity index (χ4v) is 1.24. The summed E-state index contributed by atoms with van der Waals surface area (Å²) < 4.78 is 6.17. The minimum absolute atomic E-state index is 0.0368. The third kappa shape index (κ3) is 3.58. The van der Waals surface area contributed by atoms with Gasteiger partial charge in [0.2, 0.25) is 5.91 Å². The Kier molecular flexibility index (Phi) is 4.41. The van der Waals surface area contributed by atoms with Gasteiger partial charge in [-0.05, 0) is 6.92 Å². The van der Waals surface area contributed by atoms with E-state index >= 15 is 0 Å². The van der Waals surface area contributed by atoms with Crippen LogP contribution in [-0.4, -0.2) is 34.3 Å². The van der Waals surface area contributed by atoms with E-state index in [9.17, 15) is 14.4 Å². The van der Waals surface area contributed by atoms with E-state index in [-0.39, 0.29) is 18.0 Å². The maximum atomic E-state index is 11.6. The highest BCUT2D eigenvalue weighted by Crippen LogP contribution is 2.13. The number of imide groups is 1. The van der Waals surface area contributed by atoms with Crippen molar-refractivity contribution in [3.05, 3.63) is 11.8 Å². The predicted molar refractivity (Wildman–Crippen MR) is 62.0 cm³/mol. The molecule has 98 valence electrons. The summed E-state index contributed by atoms with van der Waals surface area (Å²) in [7, 11) is 1.59. The normalized spacial score (nSPS) is 9.72. The summed E-state index contributed by atoms with van der Waals surface area (Å²) in [5, 5.41) is 8.20. The van der Waals surface area contributed by atoms with Crippen LogP contribution in [0.4, 0.5) is 10.6 Å². The number of urea groups is 1. The number of ether oxygens (including phenoxy) is 1. The van der Waals surface area contributed by atoms with Crippen molar-refractivity contribution in [2.24, 2.45) is 7.05 Å². The molecule has 8 heteroatoms. The van der Waals surface area contributed by atoms with Gasteiger partial charge < -0.3 is 4.74 Å². The Bertz CT molecular complexity index is 480. The molecule has 0 aliphatic rings. The number of nitrogens with one attached hydrogen (secondary N) is 2. The maximum Gasteiger partial charge on any atom is 0.343 e. The zero-order valence-electron chi connectivity index (χ0n) is 10.3. The first-order valence-electron chi connectivity index (χ1n) is 5.23. The van der Waals surface area contributed by atoms with Gasteiger partial charge in [0.05, 0.1) is 6.61 Å². The number of anilines is 1. The Hall–Kier alpha value is -2.38. The molecule has 0 saturated carbocycles. The summed E-state index contributed by atoms with van der Waals surface area (Å²) in [6.07, 6.45) is 1.42. The zero-order valence-corrected chi connectivity index (χ0v) is 10.3. The zero-order chi connectivity index (χ0) is 13.7. The Morgan fingerprint density at radius 3 is 2.67 bits per heavy atom. The third-order valence-electron chi connectivity index (χ3n) is 1.85. The molecule has 0 atom stereocenters. The van der Waals surface area contributed by atoms with Crippen molar-refractivity contribution in [2.45, 2.75) is 13.8 Å². The largest absolute Gasteiger partial charge is 0.462 e. The summed E-state index contributed by atoms with van der Waals surface area (Å²) in [6.45, 7) is 3.08. The van der Waals surface area contributed by atoms with Gasteiger partial charge >= 0.3 is 12.0 Å². The number of hydrogen-bond acceptors (Lipinski definition) is 5. The Morgan fingerprint density at radius 2 is 2.11 bits per heavy atom. The van der Waals surface area contributed by atoms with Crippen LogP contribution in [0.2, 0.25) is 0 Å². The standard InChI is InChI=1S/C10H14N4O4/c1-4-18-9(16)7-5-14(3)13-8(7)12-10(17)11-6(2)15/h5H,4H2,1-3H3,(H2,11,12,13,15,17). The van der Waals surface area contributed by atoms with Crippen LogP contribution in [-0.2, 0) is 16.6 Å². The molecule has 0 unspecified atom stereocenters. The molecule has 3 amide bonds. The first-order valence-corrected chi connectivity index (χ1v) is 5.23. The molecule has 18 heavy (non-hydrogen) atoms. The summed E-state index contributed by atoms with van der Waals surface area (Å²) in [6, 6.07) is -0.758. The number of hydrogen-bond donors (Lipinski definition) is 2. The molecule has 1 rings (SSSR count).